The van der Waals surface area contributed by atoms with Gasteiger partial charge in [0.25, 0.3) is 6.08 Å². The van der Waals surface area contributed by atoms with Crippen molar-refractivity contribution >= 4 is 21.6 Å². The molecule has 0 aliphatic heterocycles. The molecule has 0 saturated carbocycles. The molecular weight excluding hydrogens is 310 g/mol. The summed E-state index contributed by atoms with van der Waals surface area (Å²) < 4.78 is 27.7. The molecule has 0 atom stereocenters. The van der Waals surface area contributed by atoms with Gasteiger partial charge in [-0.05, 0) is 28.1 Å². The number of rotatable bonds is 3. The van der Waals surface area contributed by atoms with Crippen molar-refractivity contribution in [1.29, 1.82) is 0 Å². The monoisotopic (exact) mass is 318 g/mol. The molecule has 0 radical (unpaired) electrons. The van der Waals surface area contributed by atoms with Gasteiger partial charge in [-0.3, -0.25) is 0 Å². The highest BCUT2D eigenvalue weighted by atomic mass is 79.9. The predicted molar refractivity (Wildman–Crippen MR) is 65.4 cm³/mol. The molecule has 0 fully saturated rings. The topological polar surface area (TPSA) is 65.3 Å². The molecule has 0 aliphatic rings. The molecule has 2 aromatic heterocycles. The molecule has 0 spiro atoms. The molecule has 96 valence electrons. The van der Waals surface area contributed by atoms with Crippen LogP contribution >= 0.6 is 15.9 Å². The fourth-order valence-corrected chi connectivity index (χ4v) is 1.99. The normalized spacial score (nSPS) is 10.9. The van der Waals surface area contributed by atoms with Gasteiger partial charge in [0.2, 0.25) is 0 Å². The van der Waals surface area contributed by atoms with Gasteiger partial charge in [0.1, 0.15) is 0 Å². The molecule has 0 amide bonds. The summed E-state index contributed by atoms with van der Waals surface area (Å²) in [5.41, 5.74) is 4.77. The second-order valence-electron chi connectivity index (χ2n) is 3.55. The quantitative estimate of drug-likeness (QED) is 0.869. The summed E-state index contributed by atoms with van der Waals surface area (Å²) in [7, 11) is 0. The van der Waals surface area contributed by atoms with Crippen LogP contribution in [0.1, 0.15) is 0 Å². The van der Waals surface area contributed by atoms with Gasteiger partial charge < -0.3 is 5.73 Å². The predicted octanol–water partition coefficient (Wildman–Crippen LogP) is 1.37. The molecule has 2 heterocycles. The summed E-state index contributed by atoms with van der Waals surface area (Å²) in [5.74, 6) is 0. The number of fused-ring (bicyclic) bond motifs is 1. The maximum absolute atomic E-state index is 12.5. The highest BCUT2D eigenvalue weighted by Crippen LogP contribution is 2.11. The lowest BCUT2D eigenvalue weighted by Crippen LogP contribution is -2.24. The minimum atomic E-state index is -1.87. The van der Waals surface area contributed by atoms with E-state index < -0.39 is 11.8 Å². The Balaban J connectivity index is 2.54. The standard InChI is InChI=1S/C10H9BrF2N4O/c11-7-2-1-3-8-15-16(10(18)17(7)8)5-6(4-14)9(12)13/h1-3H,4-5,14H2. The Morgan fingerprint density at radius 3 is 2.72 bits per heavy atom. The van der Waals surface area contributed by atoms with Gasteiger partial charge in [-0.15, -0.1) is 5.10 Å². The van der Waals surface area contributed by atoms with E-state index in [1.807, 2.05) is 0 Å². The number of hydrogen-bond acceptors (Lipinski definition) is 3. The summed E-state index contributed by atoms with van der Waals surface area (Å²) >= 11 is 3.20. The van der Waals surface area contributed by atoms with Crippen molar-refractivity contribution in [3.8, 4) is 0 Å². The number of halogens is 3. The first kappa shape index (κ1) is 12.9. The first-order valence-corrected chi connectivity index (χ1v) is 5.81. The Morgan fingerprint density at radius 2 is 2.17 bits per heavy atom. The average Bonchev–Trinajstić information content (AvgIpc) is 2.64. The molecule has 0 unspecified atom stereocenters. The third kappa shape index (κ3) is 2.21. The van der Waals surface area contributed by atoms with Gasteiger partial charge in [-0.1, -0.05) is 6.07 Å². The van der Waals surface area contributed by atoms with Crippen LogP contribution in [0.5, 0.6) is 0 Å². The van der Waals surface area contributed by atoms with E-state index in [4.69, 9.17) is 5.73 Å². The van der Waals surface area contributed by atoms with Crippen molar-refractivity contribution in [1.82, 2.24) is 14.2 Å². The van der Waals surface area contributed by atoms with Gasteiger partial charge in [0.05, 0.1) is 11.1 Å². The van der Waals surface area contributed by atoms with Gasteiger partial charge in [-0.2, -0.15) is 8.78 Å². The highest BCUT2D eigenvalue weighted by molar-refractivity contribution is 9.10. The van der Waals surface area contributed by atoms with E-state index in [2.05, 4.69) is 21.0 Å². The molecule has 2 aromatic rings. The number of nitrogens with two attached hydrogens (primary N) is 1. The number of nitrogens with zero attached hydrogens (tertiary/aromatic N) is 3. The Labute approximate surface area is 109 Å². The van der Waals surface area contributed by atoms with E-state index in [1.165, 1.54) is 4.40 Å². The van der Waals surface area contributed by atoms with Crippen molar-refractivity contribution in [3.05, 3.63) is 44.9 Å². The molecule has 0 aliphatic carbocycles. The zero-order valence-electron chi connectivity index (χ0n) is 9.11. The fraction of sp³-hybridized carbons (Fsp3) is 0.200. The van der Waals surface area contributed by atoms with E-state index in [-0.39, 0.29) is 18.7 Å². The van der Waals surface area contributed by atoms with Crippen LogP contribution in [0.25, 0.3) is 5.65 Å². The maximum Gasteiger partial charge on any atom is 0.351 e. The molecule has 0 saturated heterocycles. The number of pyridine rings is 1. The Bertz CT molecular complexity index is 672. The van der Waals surface area contributed by atoms with E-state index in [9.17, 15) is 13.6 Å². The molecular formula is C10H9BrF2N4O. The smallest absolute Gasteiger partial charge is 0.327 e. The summed E-state index contributed by atoms with van der Waals surface area (Å²) in [6, 6.07) is 4.97. The van der Waals surface area contributed by atoms with Crippen LogP contribution in [0.15, 0.2) is 39.3 Å². The SMILES string of the molecule is NCC(Cn1nc2cccc(Br)n2c1=O)=C(F)F. The van der Waals surface area contributed by atoms with Crippen LogP contribution in [-0.2, 0) is 6.54 Å². The van der Waals surface area contributed by atoms with E-state index in [1.54, 1.807) is 18.2 Å². The molecule has 0 bridgehead atoms. The maximum atomic E-state index is 12.5. The van der Waals surface area contributed by atoms with Crippen molar-refractivity contribution in [2.45, 2.75) is 6.54 Å². The van der Waals surface area contributed by atoms with Crippen molar-refractivity contribution in [3.63, 3.8) is 0 Å². The van der Waals surface area contributed by atoms with Crippen LogP contribution in [0, 0.1) is 0 Å². The number of aromatic nitrogens is 3. The van der Waals surface area contributed by atoms with Gasteiger partial charge in [0.15, 0.2) is 5.65 Å². The Kier molecular flexibility index (Phi) is 3.58. The van der Waals surface area contributed by atoms with Crippen LogP contribution in [0.2, 0.25) is 0 Å². The molecule has 18 heavy (non-hydrogen) atoms. The molecule has 2 rings (SSSR count). The van der Waals surface area contributed by atoms with Crippen LogP contribution in [0.4, 0.5) is 8.78 Å². The highest BCUT2D eigenvalue weighted by Gasteiger charge is 2.12. The van der Waals surface area contributed by atoms with E-state index in [0.29, 0.717) is 10.3 Å². The molecule has 0 aromatic carbocycles. The third-order valence-corrected chi connectivity index (χ3v) is 3.03. The van der Waals surface area contributed by atoms with Crippen molar-refractivity contribution in [2.75, 3.05) is 6.54 Å². The lowest BCUT2D eigenvalue weighted by molar-refractivity contribution is 0.400. The van der Waals surface area contributed by atoms with E-state index in [0.717, 1.165) is 4.68 Å². The molecule has 8 heteroatoms. The Morgan fingerprint density at radius 1 is 1.44 bits per heavy atom. The van der Waals surface area contributed by atoms with Crippen molar-refractivity contribution in [2.24, 2.45) is 5.73 Å². The van der Waals surface area contributed by atoms with Crippen LogP contribution < -0.4 is 11.4 Å². The summed E-state index contributed by atoms with van der Waals surface area (Å²) in [6.07, 6.45) is -1.87. The van der Waals surface area contributed by atoms with E-state index >= 15 is 0 Å². The van der Waals surface area contributed by atoms with Gasteiger partial charge in [-0.25, -0.2) is 13.9 Å². The molecule has 5 nitrogen and oxygen atoms in total. The van der Waals surface area contributed by atoms with Gasteiger partial charge >= 0.3 is 5.69 Å². The lowest BCUT2D eigenvalue weighted by Gasteiger charge is -2.01. The van der Waals surface area contributed by atoms with Gasteiger partial charge in [0, 0.05) is 12.1 Å². The van der Waals surface area contributed by atoms with Crippen LogP contribution in [0.3, 0.4) is 0 Å². The zero-order chi connectivity index (χ0) is 13.3. The van der Waals surface area contributed by atoms with Crippen molar-refractivity contribution < 1.29 is 8.78 Å². The first-order chi connectivity index (χ1) is 8.54. The molecule has 2 N–H and O–H groups in total. The van der Waals surface area contributed by atoms with Crippen LogP contribution in [-0.4, -0.2) is 20.7 Å². The largest absolute Gasteiger partial charge is 0.351 e. The first-order valence-electron chi connectivity index (χ1n) is 5.01. The second-order valence-corrected chi connectivity index (χ2v) is 4.36. The zero-order valence-corrected chi connectivity index (χ0v) is 10.7. The minimum Gasteiger partial charge on any atom is -0.327 e. The Hall–Kier alpha value is -1.54. The summed E-state index contributed by atoms with van der Waals surface area (Å²) in [5, 5.41) is 3.96. The minimum absolute atomic E-state index is 0.309. The fourth-order valence-electron chi connectivity index (χ4n) is 1.51. The lowest BCUT2D eigenvalue weighted by atomic mass is 10.3. The summed E-state index contributed by atoms with van der Waals surface area (Å²) in [4.78, 5) is 11.9. The number of hydrogen-bond donors (Lipinski definition) is 1. The summed E-state index contributed by atoms with van der Waals surface area (Å²) in [6.45, 7) is -0.629. The average molecular weight is 319 g/mol. The second kappa shape index (κ2) is 4.99. The third-order valence-electron chi connectivity index (χ3n) is 2.41.